The zero-order chi connectivity index (χ0) is 13.0. The van der Waals surface area contributed by atoms with E-state index in [1.807, 2.05) is 0 Å². The quantitative estimate of drug-likeness (QED) is 0.734. The van der Waals surface area contributed by atoms with E-state index in [0.29, 0.717) is 5.41 Å². The molecule has 0 radical (unpaired) electrons. The summed E-state index contributed by atoms with van der Waals surface area (Å²) in [5, 5.41) is 1.19. The summed E-state index contributed by atoms with van der Waals surface area (Å²) in [5.41, 5.74) is 0.566. The van der Waals surface area contributed by atoms with Gasteiger partial charge in [-0.3, -0.25) is 0 Å². The molecule has 0 atom stereocenters. The number of rotatable bonds is 4. The molecule has 0 bridgehead atoms. The van der Waals surface area contributed by atoms with E-state index in [4.69, 9.17) is 0 Å². The first kappa shape index (κ1) is 14.8. The first-order chi connectivity index (χ1) is 8.65. The zero-order valence-corrected chi connectivity index (χ0v) is 13.7. The minimum atomic E-state index is 0.566. The minimum absolute atomic E-state index is 0.566. The third-order valence-corrected chi connectivity index (χ3v) is 6.28. The number of alkyl halides is 1. The van der Waals surface area contributed by atoms with E-state index >= 15 is 0 Å². The molecule has 1 saturated carbocycles. The number of likely N-dealkylation sites (tertiary alicyclic amines) is 1. The van der Waals surface area contributed by atoms with E-state index in [0.717, 1.165) is 6.04 Å². The van der Waals surface area contributed by atoms with Crippen molar-refractivity contribution in [3.05, 3.63) is 0 Å². The lowest BCUT2D eigenvalue weighted by Crippen LogP contribution is -2.47. The van der Waals surface area contributed by atoms with Gasteiger partial charge in [-0.25, -0.2) is 0 Å². The summed E-state index contributed by atoms with van der Waals surface area (Å²) in [6, 6.07) is 0.819. The lowest BCUT2D eigenvalue weighted by molar-refractivity contribution is 0.0827. The molecular formula is C15H29BrN2. The maximum absolute atomic E-state index is 3.80. The van der Waals surface area contributed by atoms with E-state index < -0.39 is 0 Å². The summed E-state index contributed by atoms with van der Waals surface area (Å²) in [6.07, 6.45) is 9.88. The SMILES string of the molecule is CN1CCC(N(C)CC2(CBr)CCCCC2)CC1. The first-order valence-electron chi connectivity index (χ1n) is 7.60. The molecule has 1 aliphatic heterocycles. The molecule has 2 fully saturated rings. The summed E-state index contributed by atoms with van der Waals surface area (Å²) >= 11 is 3.80. The normalized spacial score (nSPS) is 26.7. The van der Waals surface area contributed by atoms with Gasteiger partial charge in [0.1, 0.15) is 0 Å². The topological polar surface area (TPSA) is 6.48 Å². The van der Waals surface area contributed by atoms with Crippen molar-refractivity contribution in [3.8, 4) is 0 Å². The molecule has 0 aromatic heterocycles. The van der Waals surface area contributed by atoms with Crippen molar-refractivity contribution >= 4 is 15.9 Å². The Labute approximate surface area is 121 Å². The molecule has 0 amide bonds. The first-order valence-corrected chi connectivity index (χ1v) is 8.72. The highest BCUT2D eigenvalue weighted by atomic mass is 79.9. The molecule has 2 nitrogen and oxygen atoms in total. The summed E-state index contributed by atoms with van der Waals surface area (Å²) in [7, 11) is 4.60. The number of hydrogen-bond donors (Lipinski definition) is 0. The Hall–Kier alpha value is 0.400. The van der Waals surface area contributed by atoms with Crippen molar-refractivity contribution in [1.82, 2.24) is 9.80 Å². The second-order valence-corrected chi connectivity index (χ2v) is 7.20. The van der Waals surface area contributed by atoms with E-state index in [1.54, 1.807) is 0 Å². The molecule has 2 rings (SSSR count). The fraction of sp³-hybridized carbons (Fsp3) is 1.00. The van der Waals surface area contributed by atoms with Crippen molar-refractivity contribution in [2.45, 2.75) is 51.0 Å². The molecule has 3 heteroatoms. The zero-order valence-electron chi connectivity index (χ0n) is 12.1. The average Bonchev–Trinajstić information content (AvgIpc) is 2.40. The van der Waals surface area contributed by atoms with Crippen molar-refractivity contribution in [1.29, 1.82) is 0 Å². The fourth-order valence-electron chi connectivity index (χ4n) is 3.73. The van der Waals surface area contributed by atoms with Crippen LogP contribution in [-0.2, 0) is 0 Å². The van der Waals surface area contributed by atoms with Gasteiger partial charge < -0.3 is 9.80 Å². The van der Waals surface area contributed by atoms with Gasteiger partial charge in [0.25, 0.3) is 0 Å². The van der Waals surface area contributed by atoms with Gasteiger partial charge in [0.05, 0.1) is 0 Å². The summed E-state index contributed by atoms with van der Waals surface area (Å²) in [4.78, 5) is 5.13. The van der Waals surface area contributed by atoms with Crippen LogP contribution in [0.25, 0.3) is 0 Å². The Morgan fingerprint density at radius 2 is 1.78 bits per heavy atom. The van der Waals surface area contributed by atoms with Gasteiger partial charge in [0, 0.05) is 17.9 Å². The van der Waals surface area contributed by atoms with Crippen LogP contribution in [0.4, 0.5) is 0 Å². The lowest BCUT2D eigenvalue weighted by atomic mass is 9.75. The van der Waals surface area contributed by atoms with Crippen molar-refractivity contribution < 1.29 is 0 Å². The summed E-state index contributed by atoms with van der Waals surface area (Å²) < 4.78 is 0. The Kier molecular flexibility index (Phi) is 5.52. The number of piperidine rings is 1. The number of hydrogen-bond acceptors (Lipinski definition) is 2. The Morgan fingerprint density at radius 3 is 2.33 bits per heavy atom. The predicted octanol–water partition coefficient (Wildman–Crippen LogP) is 3.36. The van der Waals surface area contributed by atoms with E-state index in [1.165, 1.54) is 69.9 Å². The van der Waals surface area contributed by atoms with Gasteiger partial charge in [-0.2, -0.15) is 0 Å². The van der Waals surface area contributed by atoms with Crippen molar-refractivity contribution in [2.24, 2.45) is 5.41 Å². The third-order valence-electron chi connectivity index (χ3n) is 5.09. The standard InChI is InChI=1S/C15H29BrN2/c1-17-10-6-14(7-11-17)18(2)13-15(12-16)8-4-3-5-9-15/h14H,3-13H2,1-2H3. The van der Waals surface area contributed by atoms with Crippen LogP contribution in [0.1, 0.15) is 44.9 Å². The Morgan fingerprint density at radius 1 is 1.17 bits per heavy atom. The van der Waals surface area contributed by atoms with Crippen LogP contribution in [0.15, 0.2) is 0 Å². The number of halogens is 1. The Bertz CT molecular complexity index is 243. The summed E-state index contributed by atoms with van der Waals surface area (Å²) in [5.74, 6) is 0. The molecule has 0 aromatic carbocycles. The number of nitrogens with zero attached hydrogens (tertiary/aromatic N) is 2. The average molecular weight is 317 g/mol. The van der Waals surface area contributed by atoms with Gasteiger partial charge >= 0.3 is 0 Å². The molecule has 1 saturated heterocycles. The molecule has 106 valence electrons. The van der Waals surface area contributed by atoms with Gasteiger partial charge in [-0.15, -0.1) is 0 Å². The molecule has 1 heterocycles. The second-order valence-electron chi connectivity index (χ2n) is 6.64. The Balaban J connectivity index is 1.86. The third kappa shape index (κ3) is 3.71. The van der Waals surface area contributed by atoms with E-state index in [9.17, 15) is 0 Å². The van der Waals surface area contributed by atoms with Crippen LogP contribution in [-0.4, -0.2) is 54.9 Å². The lowest BCUT2D eigenvalue weighted by Gasteiger charge is -2.43. The van der Waals surface area contributed by atoms with Gasteiger partial charge in [0.15, 0.2) is 0 Å². The predicted molar refractivity (Wildman–Crippen MR) is 82.5 cm³/mol. The van der Waals surface area contributed by atoms with Crippen molar-refractivity contribution in [2.75, 3.05) is 39.1 Å². The highest BCUT2D eigenvalue weighted by Gasteiger charge is 2.34. The second kappa shape index (κ2) is 6.71. The largest absolute Gasteiger partial charge is 0.306 e. The monoisotopic (exact) mass is 316 g/mol. The maximum Gasteiger partial charge on any atom is 0.0117 e. The van der Waals surface area contributed by atoms with Gasteiger partial charge in [-0.05, 0) is 58.3 Å². The summed E-state index contributed by atoms with van der Waals surface area (Å²) in [6.45, 7) is 3.85. The van der Waals surface area contributed by atoms with Crippen LogP contribution in [0.2, 0.25) is 0 Å². The van der Waals surface area contributed by atoms with Crippen LogP contribution in [0, 0.1) is 5.41 Å². The van der Waals surface area contributed by atoms with Gasteiger partial charge in [0.2, 0.25) is 0 Å². The molecule has 2 aliphatic rings. The molecule has 0 N–H and O–H groups in total. The molecule has 0 spiro atoms. The van der Waals surface area contributed by atoms with Crippen LogP contribution < -0.4 is 0 Å². The maximum atomic E-state index is 3.80. The van der Waals surface area contributed by atoms with Gasteiger partial charge in [-0.1, -0.05) is 35.2 Å². The highest BCUT2D eigenvalue weighted by molar-refractivity contribution is 9.09. The van der Waals surface area contributed by atoms with Crippen molar-refractivity contribution in [3.63, 3.8) is 0 Å². The highest BCUT2D eigenvalue weighted by Crippen LogP contribution is 2.39. The van der Waals surface area contributed by atoms with Crippen LogP contribution in [0.3, 0.4) is 0 Å². The van der Waals surface area contributed by atoms with E-state index in [-0.39, 0.29) is 0 Å². The smallest absolute Gasteiger partial charge is 0.0117 e. The van der Waals surface area contributed by atoms with Crippen LogP contribution in [0.5, 0.6) is 0 Å². The molecular weight excluding hydrogens is 288 g/mol. The molecule has 18 heavy (non-hydrogen) atoms. The van der Waals surface area contributed by atoms with E-state index in [2.05, 4.69) is 39.8 Å². The fourth-order valence-corrected chi connectivity index (χ4v) is 4.47. The molecule has 0 unspecified atom stereocenters. The molecule has 0 aromatic rings. The molecule has 1 aliphatic carbocycles. The van der Waals surface area contributed by atoms with Crippen LogP contribution >= 0.6 is 15.9 Å². The minimum Gasteiger partial charge on any atom is -0.306 e.